The first-order valence-electron chi connectivity index (χ1n) is 11.1. The first-order chi connectivity index (χ1) is 16.6. The summed E-state index contributed by atoms with van der Waals surface area (Å²) in [6, 6.07) is 14.3. The lowest BCUT2D eigenvalue weighted by atomic mass is 10.0. The molecule has 3 aromatic rings. The molecule has 1 aromatic heterocycles. The average Bonchev–Trinajstić information content (AvgIpc) is 2.87. The maximum atomic E-state index is 12.7. The van der Waals surface area contributed by atoms with Crippen molar-refractivity contribution >= 4 is 17.5 Å². The van der Waals surface area contributed by atoms with Crippen LogP contribution < -0.4 is 15.8 Å². The number of aromatic nitrogens is 2. The van der Waals surface area contributed by atoms with Crippen LogP contribution in [0, 0.1) is 11.3 Å². The number of nitriles is 1. The van der Waals surface area contributed by atoms with E-state index in [2.05, 4.69) is 26.5 Å². The van der Waals surface area contributed by atoms with E-state index in [-0.39, 0.29) is 17.0 Å². The Hall–Kier alpha value is -3.51. The third kappa shape index (κ3) is 5.51. The lowest BCUT2D eigenvalue weighted by Crippen LogP contribution is -2.45. The summed E-state index contributed by atoms with van der Waals surface area (Å²) in [5.74, 6) is 0.547. The summed E-state index contributed by atoms with van der Waals surface area (Å²) in [4.78, 5) is 15.1. The number of ether oxygens (including phenoxy) is 1. The van der Waals surface area contributed by atoms with E-state index in [1.54, 1.807) is 48.8 Å². The van der Waals surface area contributed by atoms with E-state index in [9.17, 15) is 10.1 Å². The van der Waals surface area contributed by atoms with Crippen molar-refractivity contribution in [3.8, 4) is 28.7 Å². The zero-order valence-electron chi connectivity index (χ0n) is 18.6. The van der Waals surface area contributed by atoms with Gasteiger partial charge in [-0.15, -0.1) is 0 Å². The molecule has 0 unspecified atom stereocenters. The van der Waals surface area contributed by atoms with Crippen LogP contribution in [0.15, 0.2) is 54.9 Å². The number of nitrogens with one attached hydrogen (secondary N) is 1. The highest BCUT2D eigenvalue weighted by Gasteiger charge is 2.21. The zero-order chi connectivity index (χ0) is 23.9. The molecule has 0 spiro atoms. The maximum Gasteiger partial charge on any atom is 0.251 e. The SMILES string of the molecule is N#Cc1c(Oc2ccc(C(=O)NC3CCN(CCN)CC3)cc2Cl)cccc1-c1ccnnc1. The van der Waals surface area contributed by atoms with Crippen LogP contribution in [0.2, 0.25) is 5.02 Å². The number of piperidine rings is 1. The molecule has 0 saturated carbocycles. The number of amides is 1. The van der Waals surface area contributed by atoms with Gasteiger partial charge in [0.1, 0.15) is 23.1 Å². The number of benzene rings is 2. The van der Waals surface area contributed by atoms with Crippen molar-refractivity contribution in [2.24, 2.45) is 5.73 Å². The molecule has 3 N–H and O–H groups in total. The molecule has 34 heavy (non-hydrogen) atoms. The molecule has 1 aliphatic heterocycles. The van der Waals surface area contributed by atoms with Gasteiger partial charge in [-0.05, 0) is 43.2 Å². The molecule has 9 heteroatoms. The zero-order valence-corrected chi connectivity index (χ0v) is 19.3. The highest BCUT2D eigenvalue weighted by molar-refractivity contribution is 6.32. The van der Waals surface area contributed by atoms with Crippen LogP contribution in [-0.2, 0) is 0 Å². The summed E-state index contributed by atoms with van der Waals surface area (Å²) >= 11 is 6.45. The quantitative estimate of drug-likeness (QED) is 0.534. The van der Waals surface area contributed by atoms with E-state index in [1.807, 2.05) is 6.07 Å². The van der Waals surface area contributed by atoms with E-state index in [4.69, 9.17) is 22.1 Å². The molecule has 8 nitrogen and oxygen atoms in total. The fourth-order valence-electron chi connectivity index (χ4n) is 4.02. The van der Waals surface area contributed by atoms with E-state index in [0.29, 0.717) is 34.7 Å². The van der Waals surface area contributed by atoms with Gasteiger partial charge < -0.3 is 20.7 Å². The van der Waals surface area contributed by atoms with Crippen molar-refractivity contribution < 1.29 is 9.53 Å². The lowest BCUT2D eigenvalue weighted by Gasteiger charge is -2.32. The summed E-state index contributed by atoms with van der Waals surface area (Å²) in [6.07, 6.45) is 4.93. The summed E-state index contributed by atoms with van der Waals surface area (Å²) in [6.45, 7) is 3.37. The van der Waals surface area contributed by atoms with Gasteiger partial charge in [0.15, 0.2) is 0 Å². The number of nitrogens with zero attached hydrogens (tertiary/aromatic N) is 4. The second-order valence-corrected chi connectivity index (χ2v) is 8.45. The van der Waals surface area contributed by atoms with Gasteiger partial charge in [-0.25, -0.2) is 0 Å². The van der Waals surface area contributed by atoms with E-state index in [1.165, 1.54) is 0 Å². The van der Waals surface area contributed by atoms with Gasteiger partial charge in [0.05, 0.1) is 17.4 Å². The number of hydrogen-bond donors (Lipinski definition) is 2. The molecule has 1 fully saturated rings. The molecule has 4 rings (SSSR count). The molecule has 2 aromatic carbocycles. The molecule has 1 amide bonds. The minimum atomic E-state index is -0.171. The van der Waals surface area contributed by atoms with Crippen molar-refractivity contribution in [1.29, 1.82) is 5.26 Å². The molecular formula is C25H25ClN6O2. The standard InChI is InChI=1S/C25H25ClN6O2/c26-22-14-17(25(33)31-19-7-11-32(12-8-19)13-9-27)4-5-24(22)34-23-3-1-2-20(21(23)15-28)18-6-10-29-30-16-18/h1-6,10,14,16,19H,7-9,11-13,27H2,(H,31,33). The number of rotatable bonds is 7. The van der Waals surface area contributed by atoms with E-state index < -0.39 is 0 Å². The minimum absolute atomic E-state index is 0.125. The second kappa shape index (κ2) is 11.1. The van der Waals surface area contributed by atoms with Crippen molar-refractivity contribution in [2.45, 2.75) is 18.9 Å². The van der Waals surface area contributed by atoms with E-state index in [0.717, 1.165) is 38.0 Å². The maximum absolute atomic E-state index is 12.7. The Kier molecular flexibility index (Phi) is 7.70. The topological polar surface area (TPSA) is 117 Å². The molecule has 0 atom stereocenters. The largest absolute Gasteiger partial charge is 0.454 e. The van der Waals surface area contributed by atoms with Gasteiger partial charge in [0.2, 0.25) is 0 Å². The van der Waals surface area contributed by atoms with Crippen LogP contribution >= 0.6 is 11.6 Å². The van der Waals surface area contributed by atoms with E-state index >= 15 is 0 Å². The summed E-state index contributed by atoms with van der Waals surface area (Å²) in [5, 5.41) is 20.8. The number of carbonyl (C=O) groups excluding carboxylic acids is 1. The van der Waals surface area contributed by atoms with Crippen LogP contribution in [0.4, 0.5) is 0 Å². The van der Waals surface area contributed by atoms with Gasteiger partial charge in [-0.3, -0.25) is 4.79 Å². The van der Waals surface area contributed by atoms with Gasteiger partial charge in [-0.2, -0.15) is 15.5 Å². The first kappa shape index (κ1) is 23.6. The van der Waals surface area contributed by atoms with Crippen molar-refractivity contribution in [1.82, 2.24) is 20.4 Å². The second-order valence-electron chi connectivity index (χ2n) is 8.05. The summed E-state index contributed by atoms with van der Waals surface area (Å²) < 4.78 is 5.97. The molecular weight excluding hydrogens is 452 g/mol. The highest BCUT2D eigenvalue weighted by atomic mass is 35.5. The molecule has 0 bridgehead atoms. The van der Waals surface area contributed by atoms with Crippen molar-refractivity contribution in [3.05, 3.63) is 71.0 Å². The Bertz CT molecular complexity index is 1190. The minimum Gasteiger partial charge on any atom is -0.454 e. The monoisotopic (exact) mass is 476 g/mol. The Morgan fingerprint density at radius 3 is 2.71 bits per heavy atom. The van der Waals surface area contributed by atoms with Crippen LogP contribution in [0.25, 0.3) is 11.1 Å². The fraction of sp³-hybridized carbons (Fsp3) is 0.280. The summed E-state index contributed by atoms with van der Waals surface area (Å²) in [7, 11) is 0. The van der Waals surface area contributed by atoms with Gasteiger partial charge in [0.25, 0.3) is 5.91 Å². The summed E-state index contributed by atoms with van der Waals surface area (Å²) in [5.41, 5.74) is 7.87. The van der Waals surface area contributed by atoms with Gasteiger partial charge in [0, 0.05) is 48.9 Å². The van der Waals surface area contributed by atoms with Crippen LogP contribution in [0.5, 0.6) is 11.5 Å². The number of nitrogens with two attached hydrogens (primary N) is 1. The number of halogens is 1. The van der Waals surface area contributed by atoms with Gasteiger partial charge in [-0.1, -0.05) is 23.7 Å². The molecule has 2 heterocycles. The van der Waals surface area contributed by atoms with Crippen molar-refractivity contribution in [2.75, 3.05) is 26.2 Å². The Balaban J connectivity index is 1.46. The molecule has 174 valence electrons. The predicted molar refractivity (Wildman–Crippen MR) is 130 cm³/mol. The first-order valence-corrected chi connectivity index (χ1v) is 11.5. The molecule has 1 aliphatic rings. The predicted octanol–water partition coefficient (Wildman–Crippen LogP) is 3.61. The van der Waals surface area contributed by atoms with Crippen molar-refractivity contribution in [3.63, 3.8) is 0 Å². The van der Waals surface area contributed by atoms with Crippen LogP contribution in [0.1, 0.15) is 28.8 Å². The number of hydrogen-bond acceptors (Lipinski definition) is 7. The Labute approximate surface area is 203 Å². The number of likely N-dealkylation sites (tertiary alicyclic amines) is 1. The molecule has 0 aliphatic carbocycles. The average molecular weight is 477 g/mol. The smallest absolute Gasteiger partial charge is 0.251 e. The van der Waals surface area contributed by atoms with Crippen LogP contribution in [0.3, 0.4) is 0 Å². The Morgan fingerprint density at radius 2 is 2.03 bits per heavy atom. The molecule has 0 radical (unpaired) electrons. The molecule has 1 saturated heterocycles. The number of carbonyl (C=O) groups is 1. The highest BCUT2D eigenvalue weighted by Crippen LogP contribution is 2.35. The fourth-order valence-corrected chi connectivity index (χ4v) is 4.24. The lowest BCUT2D eigenvalue weighted by molar-refractivity contribution is 0.0912. The van der Waals surface area contributed by atoms with Crippen LogP contribution in [-0.4, -0.2) is 53.2 Å². The van der Waals surface area contributed by atoms with Gasteiger partial charge >= 0.3 is 0 Å². The Morgan fingerprint density at radius 1 is 1.21 bits per heavy atom. The third-order valence-electron chi connectivity index (χ3n) is 5.82. The third-order valence-corrected chi connectivity index (χ3v) is 6.11. The normalized spacial score (nSPS) is 14.4.